The maximum atomic E-state index is 12.7. The number of nitrogens with one attached hydrogen (secondary N) is 1. The SMILES string of the molecule is Cc1cnn(-c2ccc(S(=O)(=O)N[C@H]3[C@H](C)[C@@H]3c3ccccc3)s2)c1.O=C(O)O. The van der Waals surface area contributed by atoms with Gasteiger partial charge in [-0.05, 0) is 36.1 Å². The standard InChI is InChI=1S/C18H19N3O2S2.CH2O3/c1-12-10-19-21(11-12)15-8-9-16(24-15)25(22,23)20-18-13(2)17(18)14-6-4-3-5-7-14;2-1(3)4/h3-11,13,17-18,20H,1-2H3;(H2,2,3,4)/t13-,17-,18+;/m1./s1. The van der Waals surface area contributed by atoms with Gasteiger partial charge in [0.2, 0.25) is 10.0 Å². The van der Waals surface area contributed by atoms with Gasteiger partial charge in [0.05, 0.1) is 6.20 Å². The molecule has 1 aliphatic rings. The molecule has 1 fully saturated rings. The summed E-state index contributed by atoms with van der Waals surface area (Å²) in [5.74, 6) is 0.537. The molecule has 1 aromatic carbocycles. The van der Waals surface area contributed by atoms with Gasteiger partial charge in [0.25, 0.3) is 0 Å². The summed E-state index contributed by atoms with van der Waals surface area (Å²) < 4.78 is 30.3. The molecule has 0 bridgehead atoms. The van der Waals surface area contributed by atoms with E-state index in [9.17, 15) is 8.42 Å². The van der Waals surface area contributed by atoms with Crippen molar-refractivity contribution in [3.05, 3.63) is 66.0 Å². The lowest BCUT2D eigenvalue weighted by atomic mass is 10.1. The number of benzene rings is 1. The lowest BCUT2D eigenvalue weighted by molar-refractivity contribution is 0.137. The molecule has 2 aromatic heterocycles. The van der Waals surface area contributed by atoms with E-state index < -0.39 is 16.2 Å². The zero-order chi connectivity index (χ0) is 21.2. The number of thiophene rings is 1. The van der Waals surface area contributed by atoms with Crippen LogP contribution in [0.5, 0.6) is 0 Å². The van der Waals surface area contributed by atoms with Crippen molar-refractivity contribution in [3.8, 4) is 5.00 Å². The van der Waals surface area contributed by atoms with Crippen LogP contribution in [0.1, 0.15) is 24.0 Å². The second kappa shape index (κ2) is 8.36. The molecular formula is C19H21N3O5S2. The van der Waals surface area contributed by atoms with Crippen LogP contribution in [0.3, 0.4) is 0 Å². The zero-order valence-electron chi connectivity index (χ0n) is 15.8. The van der Waals surface area contributed by atoms with E-state index >= 15 is 0 Å². The number of nitrogens with zero attached hydrogens (tertiary/aromatic N) is 2. The van der Waals surface area contributed by atoms with Crippen molar-refractivity contribution in [2.45, 2.75) is 30.0 Å². The van der Waals surface area contributed by atoms with E-state index in [1.807, 2.05) is 31.3 Å². The first kappa shape index (κ1) is 21.0. The van der Waals surface area contributed by atoms with Crippen molar-refractivity contribution >= 4 is 27.5 Å². The van der Waals surface area contributed by atoms with Crippen LogP contribution in [-0.2, 0) is 10.0 Å². The van der Waals surface area contributed by atoms with E-state index in [-0.39, 0.29) is 12.0 Å². The summed E-state index contributed by atoms with van der Waals surface area (Å²) in [4.78, 5) is 8.56. The van der Waals surface area contributed by atoms with Crippen molar-refractivity contribution < 1.29 is 23.4 Å². The summed E-state index contributed by atoms with van der Waals surface area (Å²) in [6.07, 6.45) is 1.80. The number of aromatic nitrogens is 2. The van der Waals surface area contributed by atoms with Crippen molar-refractivity contribution in [3.63, 3.8) is 0 Å². The summed E-state index contributed by atoms with van der Waals surface area (Å²) in [5.41, 5.74) is 2.22. The Morgan fingerprint density at radius 3 is 2.41 bits per heavy atom. The number of hydrogen-bond donors (Lipinski definition) is 3. The molecule has 2 heterocycles. The Balaban J connectivity index is 0.000000552. The minimum absolute atomic E-state index is 0.0510. The summed E-state index contributed by atoms with van der Waals surface area (Å²) >= 11 is 1.22. The quantitative estimate of drug-likeness (QED) is 0.563. The van der Waals surface area contributed by atoms with Gasteiger partial charge in [-0.15, -0.1) is 11.3 Å². The van der Waals surface area contributed by atoms with Crippen LogP contribution >= 0.6 is 11.3 Å². The highest BCUT2D eigenvalue weighted by Gasteiger charge is 2.49. The summed E-state index contributed by atoms with van der Waals surface area (Å²) in [6.45, 7) is 4.03. The Bertz CT molecular complexity index is 1090. The van der Waals surface area contributed by atoms with Crippen LogP contribution in [0, 0.1) is 12.8 Å². The van der Waals surface area contributed by atoms with Crippen LogP contribution in [0.2, 0.25) is 0 Å². The van der Waals surface area contributed by atoms with E-state index in [0.29, 0.717) is 10.1 Å². The fraction of sp³-hybridized carbons (Fsp3) is 0.263. The molecule has 8 nitrogen and oxygen atoms in total. The van der Waals surface area contributed by atoms with Crippen LogP contribution in [0.25, 0.3) is 5.00 Å². The van der Waals surface area contributed by atoms with E-state index in [4.69, 9.17) is 15.0 Å². The Morgan fingerprint density at radius 1 is 1.17 bits per heavy atom. The number of rotatable bonds is 5. The Kier molecular flexibility index (Phi) is 6.06. The molecular weight excluding hydrogens is 414 g/mol. The fourth-order valence-corrected chi connectivity index (χ4v) is 5.77. The smallest absolute Gasteiger partial charge is 0.450 e. The lowest BCUT2D eigenvalue weighted by Gasteiger charge is -2.04. The van der Waals surface area contributed by atoms with E-state index in [1.165, 1.54) is 16.9 Å². The Hall–Kier alpha value is -2.69. The van der Waals surface area contributed by atoms with Gasteiger partial charge in [-0.25, -0.2) is 22.6 Å². The van der Waals surface area contributed by atoms with Gasteiger partial charge in [0, 0.05) is 18.2 Å². The van der Waals surface area contributed by atoms with E-state index in [2.05, 4.69) is 28.9 Å². The molecule has 1 saturated carbocycles. The third kappa shape index (κ3) is 5.03. The number of carboxylic acid groups (broad SMARTS) is 2. The van der Waals surface area contributed by atoms with Gasteiger partial charge in [-0.2, -0.15) is 5.10 Å². The van der Waals surface area contributed by atoms with Crippen LogP contribution in [0.4, 0.5) is 4.79 Å². The second-order valence-corrected chi connectivity index (χ2v) is 9.78. The molecule has 0 aliphatic heterocycles. The average Bonchev–Trinajstić information content (AvgIpc) is 3.05. The monoisotopic (exact) mass is 435 g/mol. The Morgan fingerprint density at radius 2 is 1.83 bits per heavy atom. The van der Waals surface area contributed by atoms with Crippen molar-refractivity contribution in [2.75, 3.05) is 0 Å². The van der Waals surface area contributed by atoms with Crippen molar-refractivity contribution in [2.24, 2.45) is 5.92 Å². The first-order valence-corrected chi connectivity index (χ1v) is 11.1. The summed E-state index contributed by atoms with van der Waals surface area (Å²) in [6, 6.07) is 13.4. The molecule has 0 unspecified atom stereocenters. The molecule has 3 atom stereocenters. The van der Waals surface area contributed by atoms with Gasteiger partial charge in [-0.3, -0.25) is 0 Å². The highest BCUT2D eigenvalue weighted by atomic mass is 32.2. The molecule has 29 heavy (non-hydrogen) atoms. The van der Waals surface area contributed by atoms with Crippen LogP contribution in [-0.4, -0.2) is 40.6 Å². The number of sulfonamides is 1. The summed E-state index contributed by atoms with van der Waals surface area (Å²) in [5, 5.41) is 19.0. The van der Waals surface area contributed by atoms with Crippen LogP contribution in [0.15, 0.2) is 59.1 Å². The first-order valence-electron chi connectivity index (χ1n) is 8.79. The molecule has 3 N–H and O–H groups in total. The van der Waals surface area contributed by atoms with Crippen molar-refractivity contribution in [1.82, 2.24) is 14.5 Å². The minimum Gasteiger partial charge on any atom is -0.450 e. The Labute approximate surface area is 172 Å². The van der Waals surface area contributed by atoms with Gasteiger partial charge >= 0.3 is 6.16 Å². The molecule has 1 aliphatic carbocycles. The normalized spacial score (nSPS) is 20.6. The number of aryl methyl sites for hydroxylation is 1. The maximum absolute atomic E-state index is 12.7. The van der Waals surface area contributed by atoms with Gasteiger partial charge < -0.3 is 10.2 Å². The first-order chi connectivity index (χ1) is 13.7. The van der Waals surface area contributed by atoms with Crippen molar-refractivity contribution in [1.29, 1.82) is 0 Å². The van der Waals surface area contributed by atoms with Crippen LogP contribution < -0.4 is 4.72 Å². The highest BCUT2D eigenvalue weighted by Crippen LogP contribution is 2.48. The van der Waals surface area contributed by atoms with Gasteiger partial charge in [0.1, 0.15) is 9.21 Å². The summed E-state index contributed by atoms with van der Waals surface area (Å²) in [7, 11) is -3.52. The van der Waals surface area contributed by atoms with Gasteiger partial charge in [-0.1, -0.05) is 37.3 Å². The molecule has 0 amide bonds. The topological polar surface area (TPSA) is 122 Å². The second-order valence-electron chi connectivity index (χ2n) is 6.78. The molecule has 10 heteroatoms. The molecule has 0 radical (unpaired) electrons. The third-order valence-electron chi connectivity index (χ3n) is 4.62. The molecule has 0 saturated heterocycles. The van der Waals surface area contributed by atoms with E-state index in [1.54, 1.807) is 23.0 Å². The zero-order valence-corrected chi connectivity index (χ0v) is 17.4. The minimum atomic E-state index is -3.52. The molecule has 154 valence electrons. The maximum Gasteiger partial charge on any atom is 0.503 e. The number of hydrogen-bond acceptors (Lipinski definition) is 5. The average molecular weight is 436 g/mol. The number of carbonyl (C=O) groups is 1. The molecule has 0 spiro atoms. The largest absolute Gasteiger partial charge is 0.503 e. The predicted octanol–water partition coefficient (Wildman–Crippen LogP) is 3.55. The fourth-order valence-electron chi connectivity index (χ4n) is 3.18. The molecule has 3 aromatic rings. The third-order valence-corrected chi connectivity index (χ3v) is 7.65. The van der Waals surface area contributed by atoms with Gasteiger partial charge in [0.15, 0.2) is 0 Å². The molecule has 4 rings (SSSR count). The van der Waals surface area contributed by atoms with E-state index in [0.717, 1.165) is 10.6 Å². The predicted molar refractivity (Wildman–Crippen MR) is 109 cm³/mol. The lowest BCUT2D eigenvalue weighted by Crippen LogP contribution is -2.27. The highest BCUT2D eigenvalue weighted by molar-refractivity contribution is 7.91.